The summed E-state index contributed by atoms with van der Waals surface area (Å²) in [5, 5.41) is 3.80. The quantitative estimate of drug-likeness (QED) is 0.827. The normalized spacial score (nSPS) is 31.0. The van der Waals surface area contributed by atoms with Gasteiger partial charge >= 0.3 is 0 Å². The van der Waals surface area contributed by atoms with Crippen LogP contribution in [0.1, 0.15) is 53.9 Å². The van der Waals surface area contributed by atoms with Crippen LogP contribution in [0.25, 0.3) is 0 Å². The van der Waals surface area contributed by atoms with Gasteiger partial charge in [-0.1, -0.05) is 34.6 Å². The van der Waals surface area contributed by atoms with Crippen LogP contribution in [-0.4, -0.2) is 36.6 Å². The molecule has 2 unspecified atom stereocenters. The number of piperazine rings is 1. The Kier molecular flexibility index (Phi) is 4.38. The lowest BCUT2D eigenvalue weighted by Gasteiger charge is -2.45. The van der Waals surface area contributed by atoms with Gasteiger partial charge in [0, 0.05) is 31.7 Å². The molecular weight excluding hydrogens is 220 g/mol. The molecule has 1 saturated carbocycles. The van der Waals surface area contributed by atoms with E-state index in [-0.39, 0.29) is 0 Å². The van der Waals surface area contributed by atoms with E-state index in [1.165, 1.54) is 38.9 Å². The Morgan fingerprint density at radius 2 is 1.89 bits per heavy atom. The molecule has 1 aliphatic carbocycles. The van der Waals surface area contributed by atoms with E-state index in [2.05, 4.69) is 44.8 Å². The molecule has 1 saturated heterocycles. The third-order valence-corrected chi connectivity index (χ3v) is 4.51. The number of hydrogen-bond donors (Lipinski definition) is 1. The van der Waals surface area contributed by atoms with Crippen molar-refractivity contribution in [3.8, 4) is 0 Å². The van der Waals surface area contributed by atoms with Crippen molar-refractivity contribution >= 4 is 0 Å². The Morgan fingerprint density at radius 1 is 1.22 bits per heavy atom. The highest BCUT2D eigenvalue weighted by atomic mass is 15.2. The average Bonchev–Trinajstić information content (AvgIpc) is 3.02. The zero-order chi connectivity index (χ0) is 13.3. The summed E-state index contributed by atoms with van der Waals surface area (Å²) in [6, 6.07) is 1.42. The van der Waals surface area contributed by atoms with E-state index in [1.54, 1.807) is 0 Å². The van der Waals surface area contributed by atoms with Crippen LogP contribution in [0, 0.1) is 17.3 Å². The summed E-state index contributed by atoms with van der Waals surface area (Å²) < 4.78 is 0. The van der Waals surface area contributed by atoms with Crippen molar-refractivity contribution in [3.63, 3.8) is 0 Å². The maximum Gasteiger partial charge on any atom is 0.0244 e. The van der Waals surface area contributed by atoms with Gasteiger partial charge in [-0.3, -0.25) is 4.90 Å². The predicted molar refractivity (Wildman–Crippen MR) is 78.8 cm³/mol. The van der Waals surface area contributed by atoms with Gasteiger partial charge in [0.2, 0.25) is 0 Å². The van der Waals surface area contributed by atoms with Crippen LogP contribution in [0.2, 0.25) is 0 Å². The van der Waals surface area contributed by atoms with Crippen molar-refractivity contribution in [2.45, 2.75) is 66.0 Å². The Hall–Kier alpha value is -0.0800. The van der Waals surface area contributed by atoms with Crippen LogP contribution in [0.15, 0.2) is 0 Å². The summed E-state index contributed by atoms with van der Waals surface area (Å²) in [7, 11) is 0. The molecule has 1 N–H and O–H groups in total. The molecule has 2 aliphatic rings. The van der Waals surface area contributed by atoms with E-state index in [0.29, 0.717) is 11.5 Å². The first kappa shape index (κ1) is 14.3. The smallest absolute Gasteiger partial charge is 0.0244 e. The minimum atomic E-state index is 0.380. The van der Waals surface area contributed by atoms with Crippen molar-refractivity contribution in [1.29, 1.82) is 0 Å². The van der Waals surface area contributed by atoms with Gasteiger partial charge in [-0.15, -0.1) is 0 Å². The van der Waals surface area contributed by atoms with E-state index in [4.69, 9.17) is 0 Å². The van der Waals surface area contributed by atoms with Gasteiger partial charge in [-0.05, 0) is 36.5 Å². The minimum absolute atomic E-state index is 0.380. The second-order valence-corrected chi connectivity index (χ2v) is 8.01. The zero-order valence-electron chi connectivity index (χ0n) is 13.0. The van der Waals surface area contributed by atoms with E-state index in [0.717, 1.165) is 17.9 Å². The molecule has 0 amide bonds. The summed E-state index contributed by atoms with van der Waals surface area (Å²) in [5.41, 5.74) is 0.380. The molecule has 0 radical (unpaired) electrons. The molecule has 0 aromatic carbocycles. The van der Waals surface area contributed by atoms with Crippen LogP contribution in [0.3, 0.4) is 0 Å². The highest BCUT2D eigenvalue weighted by Gasteiger charge is 2.36. The van der Waals surface area contributed by atoms with Crippen molar-refractivity contribution in [2.24, 2.45) is 17.3 Å². The van der Waals surface area contributed by atoms with Gasteiger partial charge in [0.15, 0.2) is 0 Å². The minimum Gasteiger partial charge on any atom is -0.311 e. The maximum atomic E-state index is 3.80. The van der Waals surface area contributed by atoms with Crippen molar-refractivity contribution < 1.29 is 0 Å². The highest BCUT2D eigenvalue weighted by molar-refractivity contribution is 4.94. The van der Waals surface area contributed by atoms with E-state index < -0.39 is 0 Å². The zero-order valence-corrected chi connectivity index (χ0v) is 13.0. The molecule has 0 bridgehead atoms. The molecule has 106 valence electrons. The standard InChI is InChI=1S/C16H32N2/c1-12(2)8-14-9-17-15(16(3,4)5)11-18(14)10-13-6-7-13/h12-15,17H,6-11H2,1-5H3. The third kappa shape index (κ3) is 3.96. The SMILES string of the molecule is CC(C)CC1CNC(C(C)(C)C)CN1CC1CC1. The Morgan fingerprint density at radius 3 is 2.39 bits per heavy atom. The Balaban J connectivity index is 1.95. The van der Waals surface area contributed by atoms with Crippen molar-refractivity contribution in [3.05, 3.63) is 0 Å². The number of rotatable bonds is 4. The van der Waals surface area contributed by atoms with Gasteiger partial charge < -0.3 is 5.32 Å². The second kappa shape index (κ2) is 5.50. The summed E-state index contributed by atoms with van der Waals surface area (Å²) in [6.07, 6.45) is 4.29. The summed E-state index contributed by atoms with van der Waals surface area (Å²) in [4.78, 5) is 2.80. The molecule has 2 rings (SSSR count). The molecule has 2 heteroatoms. The van der Waals surface area contributed by atoms with Gasteiger partial charge in [-0.2, -0.15) is 0 Å². The maximum absolute atomic E-state index is 3.80. The fourth-order valence-electron chi connectivity index (χ4n) is 3.07. The van der Waals surface area contributed by atoms with Gasteiger partial charge in [0.25, 0.3) is 0 Å². The second-order valence-electron chi connectivity index (χ2n) is 8.01. The molecule has 2 nitrogen and oxygen atoms in total. The van der Waals surface area contributed by atoms with Crippen molar-refractivity contribution in [2.75, 3.05) is 19.6 Å². The molecule has 1 aliphatic heterocycles. The molecule has 2 atom stereocenters. The van der Waals surface area contributed by atoms with Gasteiger partial charge in [-0.25, -0.2) is 0 Å². The number of nitrogens with one attached hydrogen (secondary N) is 1. The predicted octanol–water partition coefficient (Wildman–Crippen LogP) is 3.13. The molecule has 2 fully saturated rings. The van der Waals surface area contributed by atoms with Crippen molar-refractivity contribution in [1.82, 2.24) is 10.2 Å². The first-order chi connectivity index (χ1) is 8.36. The molecule has 0 aromatic heterocycles. The first-order valence-electron chi connectivity index (χ1n) is 7.83. The topological polar surface area (TPSA) is 15.3 Å². The van der Waals surface area contributed by atoms with Gasteiger partial charge in [0.05, 0.1) is 0 Å². The lowest BCUT2D eigenvalue weighted by Crippen LogP contribution is -2.60. The van der Waals surface area contributed by atoms with Crippen LogP contribution in [-0.2, 0) is 0 Å². The molecule has 18 heavy (non-hydrogen) atoms. The molecule has 0 aromatic rings. The summed E-state index contributed by atoms with van der Waals surface area (Å²) >= 11 is 0. The van der Waals surface area contributed by atoms with E-state index in [9.17, 15) is 0 Å². The lowest BCUT2D eigenvalue weighted by atomic mass is 9.84. The summed E-state index contributed by atoms with van der Waals surface area (Å²) in [5.74, 6) is 1.82. The van der Waals surface area contributed by atoms with Crippen LogP contribution < -0.4 is 5.32 Å². The largest absolute Gasteiger partial charge is 0.311 e. The van der Waals surface area contributed by atoms with Crippen LogP contribution in [0.4, 0.5) is 0 Å². The molecular formula is C16H32N2. The fraction of sp³-hybridized carbons (Fsp3) is 1.00. The van der Waals surface area contributed by atoms with E-state index >= 15 is 0 Å². The van der Waals surface area contributed by atoms with E-state index in [1.807, 2.05) is 0 Å². The fourth-order valence-corrected chi connectivity index (χ4v) is 3.07. The Bertz CT molecular complexity index is 263. The average molecular weight is 252 g/mol. The highest BCUT2D eigenvalue weighted by Crippen LogP contribution is 2.33. The van der Waals surface area contributed by atoms with Crippen LogP contribution >= 0.6 is 0 Å². The summed E-state index contributed by atoms with van der Waals surface area (Å²) in [6.45, 7) is 15.6. The Labute approximate surface area is 114 Å². The third-order valence-electron chi connectivity index (χ3n) is 4.51. The number of nitrogens with zero attached hydrogens (tertiary/aromatic N) is 1. The van der Waals surface area contributed by atoms with Crippen LogP contribution in [0.5, 0.6) is 0 Å². The lowest BCUT2D eigenvalue weighted by molar-refractivity contribution is 0.0713. The number of hydrogen-bond acceptors (Lipinski definition) is 2. The first-order valence-corrected chi connectivity index (χ1v) is 7.83. The molecule has 0 spiro atoms. The van der Waals surface area contributed by atoms with Gasteiger partial charge in [0.1, 0.15) is 0 Å². The monoisotopic (exact) mass is 252 g/mol. The molecule has 1 heterocycles.